The molecule has 1 rings (SSSR count). The van der Waals surface area contributed by atoms with Gasteiger partial charge in [0, 0.05) is 12.6 Å². The van der Waals surface area contributed by atoms with Gasteiger partial charge < -0.3 is 15.7 Å². The third-order valence-electron chi connectivity index (χ3n) is 1.84. The Morgan fingerprint density at radius 2 is 2.00 bits per heavy atom. The third-order valence-corrected chi connectivity index (χ3v) is 2.38. The lowest BCUT2D eigenvalue weighted by molar-refractivity contribution is -0.136. The largest absolute Gasteiger partial charge is 0.481 e. The molecule has 3 N–H and O–H groups in total. The summed E-state index contributed by atoms with van der Waals surface area (Å²) in [7, 11) is 0. The van der Waals surface area contributed by atoms with Gasteiger partial charge in [-0.25, -0.2) is 0 Å². The van der Waals surface area contributed by atoms with Crippen LogP contribution in [0.15, 0.2) is 5.16 Å². The number of rotatable bonds is 7. The predicted molar refractivity (Wildman–Crippen MR) is 71.1 cm³/mol. The summed E-state index contributed by atoms with van der Waals surface area (Å²) in [6.45, 7) is 4.26. The highest BCUT2D eigenvalue weighted by molar-refractivity contribution is 7.98. The summed E-state index contributed by atoms with van der Waals surface area (Å²) < 4.78 is 0. The zero-order chi connectivity index (χ0) is 13.5. The monoisotopic (exact) mass is 271 g/mol. The molecule has 0 radical (unpaired) electrons. The maximum Gasteiger partial charge on any atom is 0.305 e. The van der Waals surface area contributed by atoms with Crippen molar-refractivity contribution >= 4 is 29.6 Å². The number of nitrogens with one attached hydrogen (secondary N) is 2. The number of anilines is 2. The van der Waals surface area contributed by atoms with Crippen molar-refractivity contribution < 1.29 is 9.90 Å². The van der Waals surface area contributed by atoms with E-state index in [0.29, 0.717) is 17.1 Å². The zero-order valence-corrected chi connectivity index (χ0v) is 11.4. The summed E-state index contributed by atoms with van der Waals surface area (Å²) in [6, 6.07) is 0.217. The fourth-order valence-corrected chi connectivity index (χ4v) is 1.49. The second-order valence-electron chi connectivity index (χ2n) is 3.84. The molecule has 100 valence electrons. The lowest BCUT2D eigenvalue weighted by Gasteiger charge is -2.10. The SMILES string of the molecule is CSc1nc(NCCC(=O)O)nc(NC(C)C)n1. The van der Waals surface area contributed by atoms with Crippen LogP contribution in [-0.4, -0.2) is 44.9 Å². The van der Waals surface area contributed by atoms with Crippen LogP contribution in [-0.2, 0) is 4.79 Å². The average Bonchev–Trinajstić information content (AvgIpc) is 2.27. The zero-order valence-electron chi connectivity index (χ0n) is 10.6. The van der Waals surface area contributed by atoms with Crippen molar-refractivity contribution in [3.63, 3.8) is 0 Å². The van der Waals surface area contributed by atoms with Gasteiger partial charge in [0.25, 0.3) is 0 Å². The minimum Gasteiger partial charge on any atom is -0.481 e. The van der Waals surface area contributed by atoms with Crippen molar-refractivity contribution in [3.05, 3.63) is 0 Å². The van der Waals surface area contributed by atoms with Crippen LogP contribution >= 0.6 is 11.8 Å². The third kappa shape index (κ3) is 5.17. The summed E-state index contributed by atoms with van der Waals surface area (Å²) in [5.74, 6) is 0.0168. The lowest BCUT2D eigenvalue weighted by atomic mass is 10.4. The molecule has 0 saturated heterocycles. The van der Waals surface area contributed by atoms with Gasteiger partial charge >= 0.3 is 5.97 Å². The van der Waals surface area contributed by atoms with Crippen molar-refractivity contribution in [1.29, 1.82) is 0 Å². The van der Waals surface area contributed by atoms with Gasteiger partial charge in [-0.2, -0.15) is 15.0 Å². The van der Waals surface area contributed by atoms with Crippen LogP contribution in [0.4, 0.5) is 11.9 Å². The number of aromatic nitrogens is 3. The molecular formula is C10H17N5O2S. The normalized spacial score (nSPS) is 10.4. The van der Waals surface area contributed by atoms with Gasteiger partial charge in [-0.1, -0.05) is 11.8 Å². The van der Waals surface area contributed by atoms with Crippen LogP contribution in [0, 0.1) is 0 Å². The van der Waals surface area contributed by atoms with Crippen LogP contribution in [0.25, 0.3) is 0 Å². The molecule has 0 unspecified atom stereocenters. The molecule has 7 nitrogen and oxygen atoms in total. The van der Waals surface area contributed by atoms with Gasteiger partial charge in [0.2, 0.25) is 11.9 Å². The molecule has 0 aliphatic heterocycles. The molecule has 0 spiro atoms. The first-order valence-corrected chi connectivity index (χ1v) is 6.76. The molecule has 0 atom stereocenters. The van der Waals surface area contributed by atoms with E-state index in [1.165, 1.54) is 11.8 Å². The molecule has 0 aromatic carbocycles. The Bertz CT molecular complexity index is 413. The Kier molecular flexibility index (Phi) is 5.63. The maximum atomic E-state index is 10.4. The van der Waals surface area contributed by atoms with Crippen LogP contribution < -0.4 is 10.6 Å². The van der Waals surface area contributed by atoms with E-state index in [9.17, 15) is 4.79 Å². The molecular weight excluding hydrogens is 254 g/mol. The van der Waals surface area contributed by atoms with Gasteiger partial charge in [0.15, 0.2) is 5.16 Å². The molecule has 0 aliphatic carbocycles. The Balaban J connectivity index is 2.73. The number of carbonyl (C=O) groups is 1. The molecule has 1 aromatic heterocycles. The molecule has 1 aromatic rings. The molecule has 0 aliphatic rings. The van der Waals surface area contributed by atoms with E-state index in [-0.39, 0.29) is 19.0 Å². The summed E-state index contributed by atoms with van der Waals surface area (Å²) in [6.07, 6.45) is 1.89. The van der Waals surface area contributed by atoms with E-state index in [1.807, 2.05) is 20.1 Å². The first-order chi connectivity index (χ1) is 8.51. The molecule has 1 heterocycles. The predicted octanol–water partition coefficient (Wildman–Crippen LogP) is 1.30. The summed E-state index contributed by atoms with van der Waals surface area (Å²) >= 11 is 1.41. The minimum absolute atomic E-state index is 0.0211. The van der Waals surface area contributed by atoms with Gasteiger partial charge in [0.05, 0.1) is 6.42 Å². The number of carboxylic acids is 1. The number of hydrogen-bond acceptors (Lipinski definition) is 7. The number of carboxylic acid groups (broad SMARTS) is 1. The number of aliphatic carboxylic acids is 1. The molecule has 8 heteroatoms. The fraction of sp³-hybridized carbons (Fsp3) is 0.600. The standard InChI is InChI=1S/C10H17N5O2S/c1-6(2)12-9-13-8(11-5-4-7(16)17)14-10(15-9)18-3/h6H,4-5H2,1-3H3,(H,16,17)(H2,11,12,13,14,15). The van der Waals surface area contributed by atoms with Crippen LogP contribution in [0.3, 0.4) is 0 Å². The highest BCUT2D eigenvalue weighted by Crippen LogP contribution is 2.14. The van der Waals surface area contributed by atoms with Crippen molar-refractivity contribution in [2.45, 2.75) is 31.5 Å². The van der Waals surface area contributed by atoms with Crippen LogP contribution in [0.1, 0.15) is 20.3 Å². The fourth-order valence-electron chi connectivity index (χ4n) is 1.13. The van der Waals surface area contributed by atoms with Crippen LogP contribution in [0.5, 0.6) is 0 Å². The van der Waals surface area contributed by atoms with E-state index < -0.39 is 5.97 Å². The highest BCUT2D eigenvalue weighted by Gasteiger charge is 2.07. The van der Waals surface area contributed by atoms with E-state index in [1.54, 1.807) is 0 Å². The Labute approximate surface area is 110 Å². The number of nitrogens with zero attached hydrogens (tertiary/aromatic N) is 3. The maximum absolute atomic E-state index is 10.4. The highest BCUT2D eigenvalue weighted by atomic mass is 32.2. The quantitative estimate of drug-likeness (QED) is 0.638. The molecule has 0 bridgehead atoms. The van der Waals surface area contributed by atoms with Gasteiger partial charge in [0.1, 0.15) is 0 Å². The summed E-state index contributed by atoms with van der Waals surface area (Å²) in [5, 5.41) is 15.1. The topological polar surface area (TPSA) is 100 Å². The summed E-state index contributed by atoms with van der Waals surface area (Å²) in [5.41, 5.74) is 0. The first-order valence-electron chi connectivity index (χ1n) is 5.53. The minimum atomic E-state index is -0.859. The lowest BCUT2D eigenvalue weighted by Crippen LogP contribution is -2.16. The van der Waals surface area contributed by atoms with Crippen molar-refractivity contribution in [1.82, 2.24) is 15.0 Å². The Morgan fingerprint density at radius 3 is 2.56 bits per heavy atom. The molecule has 18 heavy (non-hydrogen) atoms. The Morgan fingerprint density at radius 1 is 1.33 bits per heavy atom. The smallest absolute Gasteiger partial charge is 0.305 e. The van der Waals surface area contributed by atoms with Crippen molar-refractivity contribution in [3.8, 4) is 0 Å². The summed E-state index contributed by atoms with van der Waals surface area (Å²) in [4.78, 5) is 22.9. The van der Waals surface area contributed by atoms with Crippen LogP contribution in [0.2, 0.25) is 0 Å². The average molecular weight is 271 g/mol. The van der Waals surface area contributed by atoms with E-state index in [4.69, 9.17) is 5.11 Å². The second-order valence-corrected chi connectivity index (χ2v) is 4.61. The second kappa shape index (κ2) is 7.00. The number of hydrogen-bond donors (Lipinski definition) is 3. The number of thioether (sulfide) groups is 1. The van der Waals surface area contributed by atoms with Gasteiger partial charge in [-0.15, -0.1) is 0 Å². The van der Waals surface area contributed by atoms with Gasteiger partial charge in [-0.05, 0) is 20.1 Å². The van der Waals surface area contributed by atoms with E-state index in [0.717, 1.165) is 0 Å². The van der Waals surface area contributed by atoms with E-state index >= 15 is 0 Å². The van der Waals surface area contributed by atoms with Gasteiger partial charge in [-0.3, -0.25) is 4.79 Å². The molecule has 0 saturated carbocycles. The molecule has 0 fully saturated rings. The van der Waals surface area contributed by atoms with E-state index in [2.05, 4.69) is 25.6 Å². The Hall–Kier alpha value is -1.57. The molecule has 0 amide bonds. The first kappa shape index (κ1) is 14.5. The van der Waals surface area contributed by atoms with Crippen molar-refractivity contribution in [2.75, 3.05) is 23.4 Å². The van der Waals surface area contributed by atoms with Crippen molar-refractivity contribution in [2.24, 2.45) is 0 Å².